The molecule has 3 heterocycles. The first-order valence-electron chi connectivity index (χ1n) is 7.33. The number of fused-ring (bicyclic) bond motifs is 5. The molecule has 5 heteroatoms. The van der Waals surface area contributed by atoms with Crippen molar-refractivity contribution in [1.82, 2.24) is 0 Å². The summed E-state index contributed by atoms with van der Waals surface area (Å²) in [5, 5.41) is 0. The Labute approximate surface area is 128 Å². The lowest BCUT2D eigenvalue weighted by atomic mass is 9.73. The number of anilines is 1. The summed E-state index contributed by atoms with van der Waals surface area (Å²) in [5.74, 6) is -0.856. The molecule has 2 fully saturated rings. The van der Waals surface area contributed by atoms with Crippen LogP contribution in [0, 0.1) is 11.8 Å². The second-order valence-electron chi connectivity index (χ2n) is 6.44. The zero-order valence-electron chi connectivity index (χ0n) is 12.7. The van der Waals surface area contributed by atoms with Crippen molar-refractivity contribution < 1.29 is 19.1 Å². The van der Waals surface area contributed by atoms with Gasteiger partial charge < -0.3 is 9.47 Å². The Morgan fingerprint density at radius 2 is 1.59 bits per heavy atom. The van der Waals surface area contributed by atoms with Crippen LogP contribution in [-0.4, -0.2) is 30.1 Å². The second kappa shape index (κ2) is 3.98. The fourth-order valence-corrected chi connectivity index (χ4v) is 4.08. The summed E-state index contributed by atoms with van der Waals surface area (Å²) in [4.78, 5) is 27.1. The number of nitrogens with zero attached hydrogens (tertiary/aromatic N) is 1. The number of amides is 2. The van der Waals surface area contributed by atoms with E-state index in [-0.39, 0.29) is 11.8 Å². The van der Waals surface area contributed by atoms with Gasteiger partial charge in [0.05, 0.1) is 35.8 Å². The Bertz CT molecular complexity index is 691. The van der Waals surface area contributed by atoms with E-state index in [1.54, 1.807) is 18.2 Å². The van der Waals surface area contributed by atoms with Gasteiger partial charge in [-0.3, -0.25) is 9.59 Å². The largest absolute Gasteiger partial charge is 0.495 e. The molecule has 1 aromatic rings. The molecular formula is C17H17NO4. The second-order valence-corrected chi connectivity index (χ2v) is 6.44. The quantitative estimate of drug-likeness (QED) is 0.618. The van der Waals surface area contributed by atoms with Crippen molar-refractivity contribution >= 4 is 17.5 Å². The van der Waals surface area contributed by atoms with Gasteiger partial charge in [-0.2, -0.15) is 0 Å². The first-order valence-corrected chi connectivity index (χ1v) is 7.33. The highest BCUT2D eigenvalue weighted by atomic mass is 16.5. The van der Waals surface area contributed by atoms with Crippen LogP contribution in [0.5, 0.6) is 5.75 Å². The van der Waals surface area contributed by atoms with Gasteiger partial charge >= 0.3 is 0 Å². The first kappa shape index (κ1) is 13.5. The van der Waals surface area contributed by atoms with Gasteiger partial charge in [-0.25, -0.2) is 4.90 Å². The SMILES string of the molecule is COc1ccccc1N1C(=O)[C@@H]2[C@@H](C1=O)[C@@]1(C)C=C[C@@]2(C)O1. The molecule has 0 unspecified atom stereocenters. The molecule has 0 radical (unpaired) electrons. The number of rotatable bonds is 2. The van der Waals surface area contributed by atoms with E-state index in [2.05, 4.69) is 0 Å². The van der Waals surface area contributed by atoms with Crippen LogP contribution < -0.4 is 9.64 Å². The molecule has 2 amide bonds. The number of hydrogen-bond acceptors (Lipinski definition) is 4. The molecule has 5 nitrogen and oxygen atoms in total. The minimum Gasteiger partial charge on any atom is -0.495 e. The van der Waals surface area contributed by atoms with Crippen molar-refractivity contribution in [2.45, 2.75) is 25.0 Å². The number of imide groups is 1. The van der Waals surface area contributed by atoms with E-state index >= 15 is 0 Å². The molecule has 3 aliphatic rings. The molecule has 2 saturated heterocycles. The zero-order chi connectivity index (χ0) is 15.7. The summed E-state index contributed by atoms with van der Waals surface area (Å²) in [7, 11) is 1.53. The number of ether oxygens (including phenoxy) is 2. The fraction of sp³-hybridized carbons (Fsp3) is 0.412. The number of carbonyl (C=O) groups excluding carboxylic acids is 2. The molecule has 0 aliphatic carbocycles. The maximum Gasteiger partial charge on any atom is 0.241 e. The van der Waals surface area contributed by atoms with Crippen molar-refractivity contribution in [1.29, 1.82) is 0 Å². The Balaban J connectivity index is 1.83. The topological polar surface area (TPSA) is 55.8 Å². The van der Waals surface area contributed by atoms with Crippen molar-refractivity contribution in [2.24, 2.45) is 11.8 Å². The lowest BCUT2D eigenvalue weighted by molar-refractivity contribution is -0.128. The van der Waals surface area contributed by atoms with Crippen LogP contribution in [-0.2, 0) is 14.3 Å². The number of hydrogen-bond donors (Lipinski definition) is 0. The summed E-state index contributed by atoms with van der Waals surface area (Å²) < 4.78 is 11.3. The third kappa shape index (κ3) is 1.42. The van der Waals surface area contributed by atoms with Crippen LogP contribution in [0.1, 0.15) is 13.8 Å². The molecule has 4 atom stereocenters. The minimum absolute atomic E-state index is 0.213. The summed E-state index contributed by atoms with van der Waals surface area (Å²) >= 11 is 0. The lowest BCUT2D eigenvalue weighted by Gasteiger charge is -2.26. The summed E-state index contributed by atoms with van der Waals surface area (Å²) in [6.45, 7) is 3.74. The number of methoxy groups -OCH3 is 1. The predicted octanol–water partition coefficient (Wildman–Crippen LogP) is 1.92. The number of carbonyl (C=O) groups is 2. The van der Waals surface area contributed by atoms with Crippen molar-refractivity contribution in [3.8, 4) is 5.75 Å². The monoisotopic (exact) mass is 299 g/mol. The van der Waals surface area contributed by atoms with E-state index in [0.29, 0.717) is 11.4 Å². The van der Waals surface area contributed by atoms with Crippen LogP contribution in [0.25, 0.3) is 0 Å². The molecule has 2 bridgehead atoms. The Hall–Kier alpha value is -2.14. The molecule has 1 aromatic carbocycles. The molecular weight excluding hydrogens is 282 g/mol. The third-order valence-corrected chi connectivity index (χ3v) is 5.05. The molecule has 0 aromatic heterocycles. The molecule has 3 aliphatic heterocycles. The highest BCUT2D eigenvalue weighted by Crippen LogP contribution is 2.57. The molecule has 22 heavy (non-hydrogen) atoms. The van der Waals surface area contributed by atoms with Crippen LogP contribution in [0.3, 0.4) is 0 Å². The highest BCUT2D eigenvalue weighted by Gasteiger charge is 2.70. The van der Waals surface area contributed by atoms with E-state index in [4.69, 9.17) is 9.47 Å². The molecule has 4 rings (SSSR count). The minimum atomic E-state index is -0.705. The van der Waals surface area contributed by atoms with E-state index in [1.165, 1.54) is 12.0 Å². The van der Waals surface area contributed by atoms with E-state index in [0.717, 1.165) is 0 Å². The van der Waals surface area contributed by atoms with Crippen LogP contribution in [0.15, 0.2) is 36.4 Å². The van der Waals surface area contributed by atoms with E-state index < -0.39 is 23.0 Å². The van der Waals surface area contributed by atoms with Gasteiger partial charge in [-0.05, 0) is 26.0 Å². The van der Waals surface area contributed by atoms with Gasteiger partial charge in [0.1, 0.15) is 5.75 Å². The average molecular weight is 299 g/mol. The standard InChI is InChI=1S/C17H17NO4/c1-16-8-9-17(2,22-16)13-12(16)14(19)18(15(13)20)10-6-4-5-7-11(10)21-3/h4-9,12-13H,1-3H3/t12-,13-,16+,17+/m0/s1. The van der Waals surface area contributed by atoms with Gasteiger partial charge in [0.15, 0.2) is 0 Å². The van der Waals surface area contributed by atoms with Gasteiger partial charge in [0, 0.05) is 0 Å². The zero-order valence-corrected chi connectivity index (χ0v) is 12.7. The Morgan fingerprint density at radius 1 is 1.05 bits per heavy atom. The third-order valence-electron chi connectivity index (χ3n) is 5.05. The smallest absolute Gasteiger partial charge is 0.241 e. The van der Waals surface area contributed by atoms with E-state index in [9.17, 15) is 9.59 Å². The van der Waals surface area contributed by atoms with Crippen molar-refractivity contribution in [3.63, 3.8) is 0 Å². The maximum atomic E-state index is 12.9. The number of benzene rings is 1. The molecule has 0 spiro atoms. The van der Waals surface area contributed by atoms with Crippen LogP contribution in [0.2, 0.25) is 0 Å². The van der Waals surface area contributed by atoms with Gasteiger partial charge in [0.25, 0.3) is 0 Å². The van der Waals surface area contributed by atoms with Crippen molar-refractivity contribution in [3.05, 3.63) is 36.4 Å². The Kier molecular flexibility index (Phi) is 2.45. The summed E-state index contributed by atoms with van der Waals surface area (Å²) in [5.41, 5.74) is -0.910. The van der Waals surface area contributed by atoms with Crippen LogP contribution in [0.4, 0.5) is 5.69 Å². The van der Waals surface area contributed by atoms with Gasteiger partial charge in [-0.1, -0.05) is 24.3 Å². The van der Waals surface area contributed by atoms with Gasteiger partial charge in [0.2, 0.25) is 11.8 Å². The Morgan fingerprint density at radius 3 is 2.14 bits per heavy atom. The normalized spacial score (nSPS) is 38.8. The highest BCUT2D eigenvalue weighted by molar-refractivity contribution is 6.24. The average Bonchev–Trinajstić information content (AvgIpc) is 3.04. The molecule has 0 N–H and O–H groups in total. The summed E-state index contributed by atoms with van der Waals surface area (Å²) in [6.07, 6.45) is 3.82. The van der Waals surface area contributed by atoms with Crippen LogP contribution >= 0.6 is 0 Å². The first-order chi connectivity index (χ1) is 10.4. The predicted molar refractivity (Wildman–Crippen MR) is 79.5 cm³/mol. The maximum absolute atomic E-state index is 12.9. The van der Waals surface area contributed by atoms with Gasteiger partial charge in [-0.15, -0.1) is 0 Å². The molecule has 0 saturated carbocycles. The fourth-order valence-electron chi connectivity index (χ4n) is 4.08. The molecule has 114 valence electrons. The lowest BCUT2D eigenvalue weighted by Crippen LogP contribution is -2.39. The van der Waals surface area contributed by atoms with Crippen molar-refractivity contribution in [2.75, 3.05) is 12.0 Å². The summed E-state index contributed by atoms with van der Waals surface area (Å²) in [6, 6.07) is 7.08. The number of para-hydroxylation sites is 2. The van der Waals surface area contributed by atoms with E-state index in [1.807, 2.05) is 32.1 Å².